The number of thioether (sulfide) groups is 1. The van der Waals surface area contributed by atoms with Gasteiger partial charge in [0.2, 0.25) is 0 Å². The van der Waals surface area contributed by atoms with Crippen LogP contribution in [-0.4, -0.2) is 57.7 Å². The summed E-state index contributed by atoms with van der Waals surface area (Å²) < 4.78 is 31.8. The Hall–Kier alpha value is -4.44. The van der Waals surface area contributed by atoms with Crippen molar-refractivity contribution in [3.05, 3.63) is 98.2 Å². The Morgan fingerprint density at radius 3 is 2.32 bits per heavy atom. The number of benzene rings is 2. The second-order valence-corrected chi connectivity index (χ2v) is 11.6. The van der Waals surface area contributed by atoms with Crippen LogP contribution in [0, 0.1) is 11.6 Å². The first-order chi connectivity index (χ1) is 21.1. The standard InChI is InChI=1S/C29H27F2N7O4S2/c1-36(2)14-19-24-26(39)38(22-12-13-23(43-4)34-33-22)29(41)37(15-18-20(30)6-5-7-21(18)31)27(24)44-25(19)16-8-10-17(11-9-16)32-28(40)35-42-3/h5-13H,14-15H2,1-4H3,(H2,32,35,40). The first kappa shape index (κ1) is 31.0. The lowest BCUT2D eigenvalue weighted by atomic mass is 10.1. The average Bonchev–Trinajstić information content (AvgIpc) is 3.36. The molecule has 0 spiro atoms. The number of aromatic nitrogens is 4. The third-order valence-electron chi connectivity index (χ3n) is 6.59. The zero-order valence-electron chi connectivity index (χ0n) is 24.1. The Balaban J connectivity index is 1.79. The number of hydrogen-bond donors (Lipinski definition) is 2. The lowest BCUT2D eigenvalue weighted by Crippen LogP contribution is -2.39. The Morgan fingerprint density at radius 2 is 1.73 bits per heavy atom. The van der Waals surface area contributed by atoms with Gasteiger partial charge in [-0.15, -0.1) is 33.3 Å². The molecule has 2 aromatic carbocycles. The normalized spacial score (nSPS) is 11.3. The van der Waals surface area contributed by atoms with Gasteiger partial charge in [-0.1, -0.05) is 18.2 Å². The van der Waals surface area contributed by atoms with Crippen molar-refractivity contribution in [1.29, 1.82) is 0 Å². The van der Waals surface area contributed by atoms with E-state index in [4.69, 9.17) is 0 Å². The van der Waals surface area contributed by atoms with E-state index in [-0.39, 0.29) is 21.6 Å². The van der Waals surface area contributed by atoms with Gasteiger partial charge in [0.05, 0.1) is 19.0 Å². The van der Waals surface area contributed by atoms with Crippen molar-refractivity contribution in [2.75, 3.05) is 32.8 Å². The summed E-state index contributed by atoms with van der Waals surface area (Å²) in [4.78, 5) is 47.5. The van der Waals surface area contributed by atoms with Gasteiger partial charge in [-0.25, -0.2) is 28.4 Å². The third kappa shape index (κ3) is 6.12. The van der Waals surface area contributed by atoms with Crippen LogP contribution in [0.5, 0.6) is 0 Å². The molecule has 5 rings (SSSR count). The maximum absolute atomic E-state index is 14.9. The van der Waals surface area contributed by atoms with Crippen LogP contribution in [0.4, 0.5) is 19.3 Å². The molecule has 3 aromatic heterocycles. The predicted octanol–water partition coefficient (Wildman–Crippen LogP) is 4.46. The molecule has 0 aliphatic carbocycles. The van der Waals surface area contributed by atoms with Crippen LogP contribution >= 0.6 is 23.1 Å². The Morgan fingerprint density at radius 1 is 1.02 bits per heavy atom. The van der Waals surface area contributed by atoms with Gasteiger partial charge in [0.25, 0.3) is 5.56 Å². The van der Waals surface area contributed by atoms with Gasteiger partial charge in [0.15, 0.2) is 5.82 Å². The highest BCUT2D eigenvalue weighted by Gasteiger charge is 2.25. The van der Waals surface area contributed by atoms with Crippen molar-refractivity contribution in [3.63, 3.8) is 0 Å². The summed E-state index contributed by atoms with van der Waals surface area (Å²) in [6.45, 7) is -0.159. The van der Waals surface area contributed by atoms with Gasteiger partial charge in [-0.05, 0) is 67.9 Å². The number of hydroxylamine groups is 1. The highest BCUT2D eigenvalue weighted by Crippen LogP contribution is 2.38. The molecular weight excluding hydrogens is 612 g/mol. The molecule has 0 bridgehead atoms. The summed E-state index contributed by atoms with van der Waals surface area (Å²) in [6, 6.07) is 12.9. The smallest absolute Gasteiger partial charge is 0.306 e. The van der Waals surface area contributed by atoms with E-state index in [9.17, 15) is 23.2 Å². The van der Waals surface area contributed by atoms with Crippen LogP contribution < -0.4 is 22.0 Å². The molecule has 11 nitrogen and oxygen atoms in total. The lowest BCUT2D eigenvalue weighted by molar-refractivity contribution is 0.114. The minimum absolute atomic E-state index is 0.0178. The van der Waals surface area contributed by atoms with E-state index >= 15 is 0 Å². The van der Waals surface area contributed by atoms with E-state index in [2.05, 4.69) is 25.8 Å². The zero-order chi connectivity index (χ0) is 31.5. The quantitative estimate of drug-likeness (QED) is 0.179. The fourth-order valence-electron chi connectivity index (χ4n) is 4.65. The van der Waals surface area contributed by atoms with Crippen molar-refractivity contribution < 1.29 is 18.4 Å². The number of urea groups is 1. The van der Waals surface area contributed by atoms with E-state index in [1.165, 1.54) is 35.6 Å². The molecule has 0 saturated carbocycles. The van der Waals surface area contributed by atoms with Crippen molar-refractivity contribution in [2.24, 2.45) is 0 Å². The molecule has 0 aliphatic heterocycles. The van der Waals surface area contributed by atoms with Crippen LogP contribution in [0.3, 0.4) is 0 Å². The summed E-state index contributed by atoms with van der Waals surface area (Å²) in [7, 11) is 4.99. The highest BCUT2D eigenvalue weighted by atomic mass is 32.2. The molecule has 0 fully saturated rings. The Bertz CT molecular complexity index is 1940. The number of halogens is 2. The van der Waals surface area contributed by atoms with E-state index < -0.39 is 35.5 Å². The molecular formula is C29H27F2N7O4S2. The van der Waals surface area contributed by atoms with Gasteiger partial charge in [0.1, 0.15) is 21.5 Å². The SMILES string of the molecule is CONC(=O)Nc1ccc(-c2sc3c(c2CN(C)C)c(=O)n(-c2ccc(SC)nn2)c(=O)n3Cc2c(F)cccc2F)cc1. The fraction of sp³-hybridized carbons (Fsp3) is 0.207. The molecule has 5 aromatic rings. The van der Waals surface area contributed by atoms with Crippen LogP contribution in [-0.2, 0) is 17.9 Å². The number of nitrogens with one attached hydrogen (secondary N) is 2. The number of fused-ring (bicyclic) bond motifs is 1. The summed E-state index contributed by atoms with van der Waals surface area (Å²) in [5.41, 5.74) is 2.21. The first-order valence-corrected chi connectivity index (χ1v) is 15.1. The number of carbonyl (C=O) groups is 1. The molecule has 44 heavy (non-hydrogen) atoms. The predicted molar refractivity (Wildman–Crippen MR) is 167 cm³/mol. The van der Waals surface area contributed by atoms with E-state index in [1.54, 1.807) is 30.3 Å². The summed E-state index contributed by atoms with van der Waals surface area (Å²) >= 11 is 2.51. The Kier molecular flexibility index (Phi) is 9.20. The van der Waals surface area contributed by atoms with Crippen molar-refractivity contribution in [3.8, 4) is 16.3 Å². The molecule has 0 saturated heterocycles. The zero-order valence-corrected chi connectivity index (χ0v) is 25.7. The minimum atomic E-state index is -0.821. The van der Waals surface area contributed by atoms with Crippen LogP contribution in [0.15, 0.2) is 69.2 Å². The maximum atomic E-state index is 14.9. The van der Waals surface area contributed by atoms with Gasteiger partial charge in [-0.2, -0.15) is 0 Å². The molecule has 0 atom stereocenters. The number of anilines is 1. The van der Waals surface area contributed by atoms with Crippen molar-refractivity contribution in [2.45, 2.75) is 18.1 Å². The van der Waals surface area contributed by atoms with Gasteiger partial charge < -0.3 is 10.2 Å². The largest absolute Gasteiger partial charge is 0.343 e. The maximum Gasteiger partial charge on any atom is 0.343 e. The fourth-order valence-corrected chi connectivity index (χ4v) is 6.28. The number of hydrogen-bond acceptors (Lipinski definition) is 9. The average molecular weight is 640 g/mol. The first-order valence-electron chi connectivity index (χ1n) is 13.1. The minimum Gasteiger partial charge on any atom is -0.306 e. The number of carbonyl (C=O) groups excluding carboxylic acids is 1. The van der Waals surface area contributed by atoms with Crippen molar-refractivity contribution >= 4 is 45.0 Å². The molecule has 3 heterocycles. The number of rotatable bonds is 9. The number of nitrogens with zero attached hydrogens (tertiary/aromatic N) is 5. The molecule has 0 unspecified atom stereocenters. The van der Waals surface area contributed by atoms with Crippen molar-refractivity contribution in [1.82, 2.24) is 29.7 Å². The van der Waals surface area contributed by atoms with Gasteiger partial charge in [0, 0.05) is 22.7 Å². The summed E-state index contributed by atoms with van der Waals surface area (Å²) in [5, 5.41) is 11.6. The molecule has 0 aliphatic rings. The van der Waals surface area contributed by atoms with Gasteiger partial charge in [-0.3, -0.25) is 14.2 Å². The second-order valence-electron chi connectivity index (χ2n) is 9.81. The topological polar surface area (TPSA) is 123 Å². The molecule has 2 N–H and O–H groups in total. The molecule has 15 heteroatoms. The van der Waals surface area contributed by atoms with E-state index in [0.29, 0.717) is 33.3 Å². The lowest BCUT2D eigenvalue weighted by Gasteiger charge is -2.14. The molecule has 0 radical (unpaired) electrons. The molecule has 228 valence electrons. The third-order valence-corrected chi connectivity index (χ3v) is 8.53. The van der Waals surface area contributed by atoms with E-state index in [0.717, 1.165) is 28.0 Å². The Labute approximate surface area is 258 Å². The van der Waals surface area contributed by atoms with Crippen LogP contribution in [0.2, 0.25) is 0 Å². The number of amides is 2. The summed E-state index contributed by atoms with van der Waals surface area (Å²) in [5.74, 6) is -1.66. The molecule has 2 amide bonds. The van der Waals surface area contributed by atoms with Crippen LogP contribution in [0.1, 0.15) is 11.1 Å². The van der Waals surface area contributed by atoms with E-state index in [1.807, 2.05) is 25.3 Å². The summed E-state index contributed by atoms with van der Waals surface area (Å²) in [6.07, 6.45) is 1.81. The second kappa shape index (κ2) is 13.1. The number of thiophene rings is 1. The highest BCUT2D eigenvalue weighted by molar-refractivity contribution is 7.98. The monoisotopic (exact) mass is 639 g/mol. The van der Waals surface area contributed by atoms with Gasteiger partial charge >= 0.3 is 11.7 Å². The van der Waals surface area contributed by atoms with Crippen LogP contribution in [0.25, 0.3) is 26.5 Å².